The Kier molecular flexibility index (Phi) is 12.6. The zero-order valence-corrected chi connectivity index (χ0v) is 32.1. The molecule has 3 N–H and O–H groups in total. The molecule has 2 amide bonds. The standard InChI is InChI=1S/C36H58N2O5.2C2H6/c1-32(2,3)43-31(42)38-19-9-18-37-30(41)22-10-14-34(6)15-11-24-23(25(34)20-22)21-26(39)29-35(24,7)16-12-27-33(4,5)28(40)13-17-36(27,29)8;2*1-2/h21-22,24-25,27-29,40H,9-20H2,1-8H3,(H,37,41)(H,38,42);2*1-2H3. The minimum absolute atomic E-state index is 0.000562. The lowest BCUT2D eigenvalue weighted by Crippen LogP contribution is -2.63. The minimum atomic E-state index is -0.531. The highest BCUT2D eigenvalue weighted by Crippen LogP contribution is 2.70. The molecule has 0 saturated heterocycles. The summed E-state index contributed by atoms with van der Waals surface area (Å²) in [5.41, 5.74) is 0.604. The van der Waals surface area contributed by atoms with Crippen LogP contribution in [0.4, 0.5) is 4.79 Å². The first kappa shape index (κ1) is 39.5. The van der Waals surface area contributed by atoms with E-state index in [9.17, 15) is 19.5 Å². The molecule has 5 aliphatic carbocycles. The number of hydrogen-bond donors (Lipinski definition) is 3. The number of aliphatic hydroxyl groups is 1. The summed E-state index contributed by atoms with van der Waals surface area (Å²) in [5.74, 6) is 1.36. The number of ketones is 1. The van der Waals surface area contributed by atoms with Crippen molar-refractivity contribution in [2.45, 2.75) is 159 Å². The third-order valence-electron chi connectivity index (χ3n) is 13.1. The molecule has 5 aliphatic rings. The minimum Gasteiger partial charge on any atom is -0.444 e. The molecular formula is C40H70N2O5. The summed E-state index contributed by atoms with van der Waals surface area (Å²) in [6.07, 6.45) is 10.8. The van der Waals surface area contributed by atoms with Crippen LogP contribution in [0.25, 0.3) is 0 Å². The van der Waals surface area contributed by atoms with Gasteiger partial charge in [0.05, 0.1) is 6.10 Å². The number of hydrogen-bond acceptors (Lipinski definition) is 5. The van der Waals surface area contributed by atoms with Gasteiger partial charge in [0.15, 0.2) is 5.78 Å². The van der Waals surface area contributed by atoms with Gasteiger partial charge < -0.3 is 20.5 Å². The molecule has 4 fully saturated rings. The Bertz CT molecular complexity index is 1160. The van der Waals surface area contributed by atoms with E-state index in [1.807, 2.05) is 48.5 Å². The Labute approximate surface area is 287 Å². The van der Waals surface area contributed by atoms with Crippen LogP contribution >= 0.6 is 0 Å². The van der Waals surface area contributed by atoms with Crippen LogP contribution in [0.5, 0.6) is 0 Å². The molecule has 9 unspecified atom stereocenters. The Morgan fingerprint density at radius 3 is 2.09 bits per heavy atom. The second kappa shape index (κ2) is 14.9. The van der Waals surface area contributed by atoms with Gasteiger partial charge in [0.1, 0.15) is 5.60 Å². The van der Waals surface area contributed by atoms with Crippen LogP contribution in [-0.4, -0.2) is 47.7 Å². The fraction of sp³-hybridized carbons (Fsp3) is 0.875. The van der Waals surface area contributed by atoms with Crippen molar-refractivity contribution < 1.29 is 24.2 Å². The Hall–Kier alpha value is -1.89. The number of ether oxygens (including phenoxy) is 1. The monoisotopic (exact) mass is 659 g/mol. The van der Waals surface area contributed by atoms with Gasteiger partial charge in [-0.05, 0) is 130 Å². The Morgan fingerprint density at radius 1 is 0.851 bits per heavy atom. The Balaban J connectivity index is 0.00000144. The number of fused-ring (bicyclic) bond motifs is 7. The second-order valence-electron chi connectivity index (χ2n) is 17.3. The van der Waals surface area contributed by atoms with E-state index >= 15 is 0 Å². The number of aliphatic hydroxyl groups excluding tert-OH is 1. The average Bonchev–Trinajstić information content (AvgIpc) is 2.99. The van der Waals surface area contributed by atoms with Gasteiger partial charge in [0.25, 0.3) is 0 Å². The predicted molar refractivity (Wildman–Crippen MR) is 191 cm³/mol. The molecule has 0 radical (unpaired) electrons. The highest BCUT2D eigenvalue weighted by Gasteiger charge is 2.66. The van der Waals surface area contributed by atoms with E-state index in [0.29, 0.717) is 37.1 Å². The van der Waals surface area contributed by atoms with E-state index in [-0.39, 0.29) is 51.4 Å². The van der Waals surface area contributed by atoms with E-state index in [1.165, 1.54) is 5.57 Å². The third-order valence-corrected chi connectivity index (χ3v) is 13.1. The van der Waals surface area contributed by atoms with Crippen molar-refractivity contribution in [3.05, 3.63) is 11.6 Å². The second-order valence-corrected chi connectivity index (χ2v) is 17.3. The van der Waals surface area contributed by atoms with Crippen LogP contribution in [-0.2, 0) is 14.3 Å². The molecule has 270 valence electrons. The number of rotatable bonds is 5. The molecule has 47 heavy (non-hydrogen) atoms. The zero-order chi connectivity index (χ0) is 35.6. The third kappa shape index (κ3) is 7.65. The number of amides is 2. The van der Waals surface area contributed by atoms with Gasteiger partial charge in [-0.2, -0.15) is 0 Å². The topological polar surface area (TPSA) is 105 Å². The fourth-order valence-corrected chi connectivity index (χ4v) is 10.9. The summed E-state index contributed by atoms with van der Waals surface area (Å²) >= 11 is 0. The maximum Gasteiger partial charge on any atom is 0.407 e. The number of alkyl carbamates (subject to hydrolysis) is 1. The lowest BCUT2D eigenvalue weighted by Gasteiger charge is -2.67. The molecule has 5 rings (SSSR count). The summed E-state index contributed by atoms with van der Waals surface area (Å²) in [4.78, 5) is 39.5. The predicted octanol–water partition coefficient (Wildman–Crippen LogP) is 8.63. The maximum atomic E-state index is 14.3. The van der Waals surface area contributed by atoms with Crippen molar-refractivity contribution in [3.63, 3.8) is 0 Å². The zero-order valence-electron chi connectivity index (χ0n) is 32.1. The number of allylic oxidation sites excluding steroid dienone is 2. The van der Waals surface area contributed by atoms with Gasteiger partial charge in [-0.25, -0.2) is 4.79 Å². The largest absolute Gasteiger partial charge is 0.444 e. The maximum absolute atomic E-state index is 14.3. The molecule has 9 atom stereocenters. The normalized spacial score (nSPS) is 38.6. The molecule has 0 aliphatic heterocycles. The first-order chi connectivity index (χ1) is 21.9. The van der Waals surface area contributed by atoms with Crippen molar-refractivity contribution in [2.75, 3.05) is 13.1 Å². The van der Waals surface area contributed by atoms with Gasteiger partial charge in [-0.3, -0.25) is 9.59 Å². The molecule has 0 aromatic heterocycles. The average molecular weight is 659 g/mol. The first-order valence-electron chi connectivity index (χ1n) is 19.1. The molecule has 7 nitrogen and oxygen atoms in total. The summed E-state index contributed by atoms with van der Waals surface area (Å²) in [7, 11) is 0. The van der Waals surface area contributed by atoms with Crippen molar-refractivity contribution in [1.29, 1.82) is 0 Å². The lowest BCUT2D eigenvalue weighted by atomic mass is 9.37. The molecule has 0 bridgehead atoms. The van der Waals surface area contributed by atoms with Crippen molar-refractivity contribution in [1.82, 2.24) is 10.6 Å². The van der Waals surface area contributed by atoms with Crippen LogP contribution in [0.3, 0.4) is 0 Å². The highest BCUT2D eigenvalue weighted by atomic mass is 16.6. The van der Waals surface area contributed by atoms with Crippen LogP contribution in [0, 0.1) is 51.2 Å². The number of carbonyl (C=O) groups is 3. The van der Waals surface area contributed by atoms with Crippen LogP contribution < -0.4 is 10.6 Å². The van der Waals surface area contributed by atoms with Gasteiger partial charge in [0, 0.05) is 24.9 Å². The molecule has 4 saturated carbocycles. The summed E-state index contributed by atoms with van der Waals surface area (Å²) in [6.45, 7) is 26.1. The number of nitrogens with one attached hydrogen (secondary N) is 2. The van der Waals surface area contributed by atoms with E-state index in [2.05, 4.69) is 51.3 Å². The SMILES string of the molecule is CC.CC.CC(C)(C)OC(=O)NCCCNC(=O)C1CCC2(C)CCC3C(=CC(=O)C4C3(C)CCC3C(C)(C)C(O)CCC34C)C2C1. The molecule has 0 aromatic carbocycles. The van der Waals surface area contributed by atoms with Crippen LogP contribution in [0.1, 0.15) is 147 Å². The molecular weight excluding hydrogens is 588 g/mol. The summed E-state index contributed by atoms with van der Waals surface area (Å²) < 4.78 is 5.28. The van der Waals surface area contributed by atoms with Crippen LogP contribution in [0.2, 0.25) is 0 Å². The first-order valence-corrected chi connectivity index (χ1v) is 19.1. The summed E-state index contributed by atoms with van der Waals surface area (Å²) in [5, 5.41) is 16.8. The van der Waals surface area contributed by atoms with Crippen molar-refractivity contribution >= 4 is 17.8 Å². The van der Waals surface area contributed by atoms with E-state index in [1.54, 1.807) is 0 Å². The number of carbonyl (C=O) groups excluding carboxylic acids is 3. The van der Waals surface area contributed by atoms with Crippen LogP contribution in [0.15, 0.2) is 11.6 Å². The van der Waals surface area contributed by atoms with E-state index in [4.69, 9.17) is 4.74 Å². The quantitative estimate of drug-likeness (QED) is 0.257. The van der Waals surface area contributed by atoms with Gasteiger partial charge in [0.2, 0.25) is 5.91 Å². The molecule has 0 spiro atoms. The molecule has 7 heteroatoms. The lowest BCUT2D eigenvalue weighted by molar-refractivity contribution is -0.188. The molecule has 0 heterocycles. The van der Waals surface area contributed by atoms with Gasteiger partial charge in [-0.15, -0.1) is 0 Å². The Morgan fingerprint density at radius 2 is 1.45 bits per heavy atom. The van der Waals surface area contributed by atoms with Crippen molar-refractivity contribution in [3.8, 4) is 0 Å². The smallest absolute Gasteiger partial charge is 0.407 e. The molecule has 0 aromatic rings. The van der Waals surface area contributed by atoms with Gasteiger partial charge >= 0.3 is 6.09 Å². The van der Waals surface area contributed by atoms with Crippen molar-refractivity contribution in [2.24, 2.45) is 51.2 Å². The van der Waals surface area contributed by atoms with E-state index < -0.39 is 11.7 Å². The highest BCUT2D eigenvalue weighted by molar-refractivity contribution is 5.95. The van der Waals surface area contributed by atoms with Gasteiger partial charge in [-0.1, -0.05) is 67.9 Å². The summed E-state index contributed by atoms with van der Waals surface area (Å²) in [6, 6.07) is 0. The van der Waals surface area contributed by atoms with E-state index in [0.717, 1.165) is 57.8 Å². The fourth-order valence-electron chi connectivity index (χ4n) is 10.9.